The maximum absolute atomic E-state index is 12.9. The van der Waals surface area contributed by atoms with Crippen molar-refractivity contribution in [3.63, 3.8) is 0 Å². The van der Waals surface area contributed by atoms with E-state index >= 15 is 0 Å². The predicted octanol–water partition coefficient (Wildman–Crippen LogP) is 2.38. The summed E-state index contributed by atoms with van der Waals surface area (Å²) < 4.78 is 40.0. The molecule has 9 heteroatoms. The molecule has 25 heavy (non-hydrogen) atoms. The highest BCUT2D eigenvalue weighted by molar-refractivity contribution is 6.23. The normalized spacial score (nSPS) is 18.3. The van der Waals surface area contributed by atoms with Gasteiger partial charge < -0.3 is 5.73 Å². The average molecular weight is 352 g/mol. The maximum atomic E-state index is 12.9. The van der Waals surface area contributed by atoms with Crippen LogP contribution in [0.15, 0.2) is 24.3 Å². The number of carbonyl (C=O) groups excluding carboxylic acids is 2. The van der Waals surface area contributed by atoms with Crippen LogP contribution in [-0.4, -0.2) is 21.6 Å². The average Bonchev–Trinajstić information content (AvgIpc) is 2.94. The van der Waals surface area contributed by atoms with E-state index in [-0.39, 0.29) is 17.9 Å². The van der Waals surface area contributed by atoms with Gasteiger partial charge in [0.2, 0.25) is 11.8 Å². The minimum Gasteiger partial charge on any atom is -0.384 e. The zero-order chi connectivity index (χ0) is 18.5. The van der Waals surface area contributed by atoms with Crippen LogP contribution in [0.5, 0.6) is 0 Å². The van der Waals surface area contributed by atoms with E-state index in [4.69, 9.17) is 5.73 Å². The molecule has 6 nitrogen and oxygen atoms in total. The Kier molecular flexibility index (Phi) is 3.81. The van der Waals surface area contributed by atoms with Crippen molar-refractivity contribution in [2.45, 2.75) is 25.4 Å². The second-order valence-electron chi connectivity index (χ2n) is 5.88. The van der Waals surface area contributed by atoms with Crippen LogP contribution in [-0.2, 0) is 22.8 Å². The van der Waals surface area contributed by atoms with Crippen LogP contribution in [0, 0.1) is 6.92 Å². The molecule has 0 unspecified atom stereocenters. The highest BCUT2D eigenvalue weighted by Crippen LogP contribution is 2.38. The van der Waals surface area contributed by atoms with E-state index in [0.717, 1.165) is 23.1 Å². The molecule has 2 heterocycles. The standard InChI is InChI=1S/C16H15F3N4O2/c1-8-13(14(20)22(2)21-8)11-7-12(24)23(15(11)25)10-5-3-4-9(6-10)16(17,18)19/h3-6,11H,7,20H2,1-2H3/t11-/m1/s1. The molecule has 1 aliphatic heterocycles. The van der Waals surface area contributed by atoms with Gasteiger partial charge in [-0.25, -0.2) is 4.90 Å². The highest BCUT2D eigenvalue weighted by atomic mass is 19.4. The summed E-state index contributed by atoms with van der Waals surface area (Å²) in [6, 6.07) is 4.13. The number of hydrogen-bond donors (Lipinski definition) is 1. The number of carbonyl (C=O) groups is 2. The molecule has 1 aromatic carbocycles. The van der Waals surface area contributed by atoms with Crippen molar-refractivity contribution in [2.24, 2.45) is 7.05 Å². The minimum atomic E-state index is -4.56. The van der Waals surface area contributed by atoms with Crippen molar-refractivity contribution in [3.05, 3.63) is 41.1 Å². The first kappa shape index (κ1) is 17.0. The van der Waals surface area contributed by atoms with Crippen LogP contribution < -0.4 is 10.6 Å². The molecule has 2 N–H and O–H groups in total. The first-order valence-electron chi connectivity index (χ1n) is 7.44. The van der Waals surface area contributed by atoms with E-state index in [1.165, 1.54) is 10.7 Å². The van der Waals surface area contributed by atoms with Gasteiger partial charge in [-0.1, -0.05) is 6.07 Å². The van der Waals surface area contributed by atoms with Crippen molar-refractivity contribution < 1.29 is 22.8 Å². The summed E-state index contributed by atoms with van der Waals surface area (Å²) in [5.74, 6) is -1.77. The monoisotopic (exact) mass is 352 g/mol. The second kappa shape index (κ2) is 5.61. The number of alkyl halides is 3. The molecule has 1 aromatic heterocycles. The number of aromatic nitrogens is 2. The number of aryl methyl sites for hydroxylation is 2. The van der Waals surface area contributed by atoms with Gasteiger partial charge in [-0.15, -0.1) is 0 Å². The third-order valence-electron chi connectivity index (χ3n) is 4.24. The largest absolute Gasteiger partial charge is 0.416 e. The van der Waals surface area contributed by atoms with Gasteiger partial charge in [0, 0.05) is 19.0 Å². The van der Waals surface area contributed by atoms with Crippen LogP contribution in [0.1, 0.15) is 29.2 Å². The van der Waals surface area contributed by atoms with Crippen molar-refractivity contribution in [1.82, 2.24) is 9.78 Å². The van der Waals surface area contributed by atoms with Gasteiger partial charge in [0.1, 0.15) is 5.82 Å². The number of rotatable bonds is 2. The van der Waals surface area contributed by atoms with Crippen molar-refractivity contribution >= 4 is 23.3 Å². The molecule has 1 fully saturated rings. The Morgan fingerprint density at radius 2 is 1.96 bits per heavy atom. The summed E-state index contributed by atoms with van der Waals surface area (Å²) in [5.41, 5.74) is 5.85. The fourth-order valence-electron chi connectivity index (χ4n) is 3.07. The smallest absolute Gasteiger partial charge is 0.384 e. The first-order valence-corrected chi connectivity index (χ1v) is 7.44. The van der Waals surface area contributed by atoms with Crippen LogP contribution >= 0.6 is 0 Å². The van der Waals surface area contributed by atoms with Crippen LogP contribution in [0.25, 0.3) is 0 Å². The maximum Gasteiger partial charge on any atom is 0.416 e. The number of halogens is 3. The van der Waals surface area contributed by atoms with E-state index in [1.54, 1.807) is 14.0 Å². The molecule has 0 spiro atoms. The van der Waals surface area contributed by atoms with Gasteiger partial charge >= 0.3 is 6.18 Å². The Labute approximate surface area is 141 Å². The molecule has 2 aromatic rings. The summed E-state index contributed by atoms with van der Waals surface area (Å²) in [4.78, 5) is 25.8. The number of imide groups is 1. The summed E-state index contributed by atoms with van der Waals surface area (Å²) in [5, 5.41) is 4.12. The molecule has 3 rings (SSSR count). The number of anilines is 2. The number of nitrogen functional groups attached to an aromatic ring is 1. The lowest BCUT2D eigenvalue weighted by Crippen LogP contribution is -2.30. The zero-order valence-corrected chi connectivity index (χ0v) is 13.5. The molecule has 1 atom stereocenters. The summed E-state index contributed by atoms with van der Waals surface area (Å²) in [6.07, 6.45) is -4.72. The first-order chi connectivity index (χ1) is 11.6. The van der Waals surface area contributed by atoms with Crippen LogP contribution in [0.4, 0.5) is 24.7 Å². The zero-order valence-electron chi connectivity index (χ0n) is 13.5. The van der Waals surface area contributed by atoms with Gasteiger partial charge in [-0.05, 0) is 25.1 Å². The Hall–Kier alpha value is -2.84. The Morgan fingerprint density at radius 3 is 2.52 bits per heavy atom. The molecule has 2 amide bonds. The van der Waals surface area contributed by atoms with Crippen molar-refractivity contribution in [1.29, 1.82) is 0 Å². The van der Waals surface area contributed by atoms with Crippen LogP contribution in [0.3, 0.4) is 0 Å². The van der Waals surface area contributed by atoms with E-state index in [2.05, 4.69) is 5.10 Å². The highest BCUT2D eigenvalue weighted by Gasteiger charge is 2.43. The molecule has 0 aliphatic carbocycles. The molecule has 0 saturated carbocycles. The van der Waals surface area contributed by atoms with Crippen molar-refractivity contribution in [3.8, 4) is 0 Å². The molecule has 0 radical (unpaired) electrons. The lowest BCUT2D eigenvalue weighted by molar-refractivity contribution is -0.137. The SMILES string of the molecule is Cc1nn(C)c(N)c1[C@H]1CC(=O)N(c2cccc(C(F)(F)F)c2)C1=O. The molecule has 1 saturated heterocycles. The number of nitrogens with zero attached hydrogens (tertiary/aromatic N) is 3. The molecule has 132 valence electrons. The molecular formula is C16H15F3N4O2. The van der Waals surface area contributed by atoms with E-state index < -0.39 is 29.5 Å². The Bertz CT molecular complexity index is 873. The molecule has 1 aliphatic rings. The topological polar surface area (TPSA) is 81.2 Å². The lowest BCUT2D eigenvalue weighted by atomic mass is 9.97. The lowest BCUT2D eigenvalue weighted by Gasteiger charge is -2.17. The summed E-state index contributed by atoms with van der Waals surface area (Å²) in [6.45, 7) is 1.66. The minimum absolute atomic E-state index is 0.104. The Balaban J connectivity index is 2.00. The third kappa shape index (κ3) is 2.75. The van der Waals surface area contributed by atoms with Gasteiger partial charge in [-0.2, -0.15) is 18.3 Å². The Morgan fingerprint density at radius 1 is 1.28 bits per heavy atom. The third-order valence-corrected chi connectivity index (χ3v) is 4.24. The molecule has 0 bridgehead atoms. The van der Waals surface area contributed by atoms with Gasteiger partial charge in [0.25, 0.3) is 0 Å². The van der Waals surface area contributed by atoms with E-state index in [1.807, 2.05) is 0 Å². The summed E-state index contributed by atoms with van der Waals surface area (Å²) in [7, 11) is 1.61. The van der Waals surface area contributed by atoms with Crippen LogP contribution in [0.2, 0.25) is 0 Å². The van der Waals surface area contributed by atoms with Gasteiger partial charge in [0.15, 0.2) is 0 Å². The number of benzene rings is 1. The number of nitrogens with two attached hydrogens (primary N) is 1. The van der Waals surface area contributed by atoms with E-state index in [9.17, 15) is 22.8 Å². The second-order valence-corrected chi connectivity index (χ2v) is 5.88. The number of amides is 2. The predicted molar refractivity (Wildman–Crippen MR) is 83.7 cm³/mol. The van der Waals surface area contributed by atoms with Crippen molar-refractivity contribution in [2.75, 3.05) is 10.6 Å². The fraction of sp³-hybridized carbons (Fsp3) is 0.312. The number of hydrogen-bond acceptors (Lipinski definition) is 4. The molecular weight excluding hydrogens is 337 g/mol. The fourth-order valence-corrected chi connectivity index (χ4v) is 3.07. The van der Waals surface area contributed by atoms with Gasteiger partial charge in [0.05, 0.1) is 22.9 Å². The van der Waals surface area contributed by atoms with E-state index in [0.29, 0.717) is 11.3 Å². The summed E-state index contributed by atoms with van der Waals surface area (Å²) >= 11 is 0. The van der Waals surface area contributed by atoms with Gasteiger partial charge in [-0.3, -0.25) is 14.3 Å². The quantitative estimate of drug-likeness (QED) is 0.842.